The van der Waals surface area contributed by atoms with Gasteiger partial charge in [0.15, 0.2) is 0 Å². The summed E-state index contributed by atoms with van der Waals surface area (Å²) in [7, 11) is 0. The highest BCUT2D eigenvalue weighted by atomic mass is 19.1. The maximum absolute atomic E-state index is 13.9. The van der Waals surface area contributed by atoms with E-state index in [1.54, 1.807) is 6.92 Å². The first-order valence-electron chi connectivity index (χ1n) is 6.11. The molecule has 1 aliphatic carbocycles. The van der Waals surface area contributed by atoms with Gasteiger partial charge in [0.1, 0.15) is 11.9 Å². The van der Waals surface area contributed by atoms with Crippen molar-refractivity contribution >= 4 is 0 Å². The summed E-state index contributed by atoms with van der Waals surface area (Å²) in [5.41, 5.74) is 0.630. The van der Waals surface area contributed by atoms with Crippen LogP contribution in [0.3, 0.4) is 0 Å². The molecule has 1 aliphatic rings. The zero-order valence-electron chi connectivity index (χ0n) is 10.3. The van der Waals surface area contributed by atoms with Gasteiger partial charge in [0.05, 0.1) is 5.60 Å². The van der Waals surface area contributed by atoms with Crippen LogP contribution in [0.4, 0.5) is 4.39 Å². The summed E-state index contributed by atoms with van der Waals surface area (Å²) in [6.45, 7) is 3.59. The number of halogens is 1. The first-order chi connectivity index (χ1) is 7.94. The number of aryl methyl sites for hydroxylation is 2. The smallest absolute Gasteiger partial charge is 0.129 e. The van der Waals surface area contributed by atoms with Crippen molar-refractivity contribution in [1.82, 2.24) is 0 Å². The Morgan fingerprint density at radius 3 is 2.35 bits per heavy atom. The molecule has 1 aromatic rings. The maximum Gasteiger partial charge on any atom is 0.129 e. The second-order valence-electron chi connectivity index (χ2n) is 5.19. The topological polar surface area (TPSA) is 40.5 Å². The van der Waals surface area contributed by atoms with Gasteiger partial charge in [-0.05, 0) is 43.9 Å². The molecular weight excluding hydrogens is 219 g/mol. The van der Waals surface area contributed by atoms with Gasteiger partial charge in [-0.3, -0.25) is 0 Å². The number of hydrogen-bond acceptors (Lipinski definition) is 2. The van der Waals surface area contributed by atoms with E-state index in [2.05, 4.69) is 0 Å². The van der Waals surface area contributed by atoms with Crippen LogP contribution in [-0.2, 0) is 0 Å². The van der Waals surface area contributed by atoms with Crippen LogP contribution in [0, 0.1) is 19.7 Å². The minimum absolute atomic E-state index is 0.250. The average Bonchev–Trinajstić information content (AvgIpc) is 2.64. The molecule has 1 fully saturated rings. The third-order valence-corrected chi connectivity index (χ3v) is 3.73. The van der Waals surface area contributed by atoms with E-state index in [-0.39, 0.29) is 5.56 Å². The summed E-state index contributed by atoms with van der Waals surface area (Å²) < 4.78 is 13.9. The number of rotatable bonds is 2. The van der Waals surface area contributed by atoms with Gasteiger partial charge in [-0.25, -0.2) is 4.39 Å². The highest BCUT2D eigenvalue weighted by Gasteiger charge is 2.40. The van der Waals surface area contributed by atoms with Crippen LogP contribution in [0.2, 0.25) is 0 Å². The third-order valence-electron chi connectivity index (χ3n) is 3.73. The van der Waals surface area contributed by atoms with E-state index in [9.17, 15) is 14.6 Å². The molecule has 0 radical (unpaired) electrons. The quantitative estimate of drug-likeness (QED) is 0.831. The second-order valence-corrected chi connectivity index (χ2v) is 5.19. The minimum Gasteiger partial charge on any atom is -0.387 e. The number of aliphatic hydroxyl groups excluding tert-OH is 1. The Morgan fingerprint density at radius 2 is 1.82 bits per heavy atom. The Bertz CT molecular complexity index is 399. The Balaban J connectivity index is 2.40. The molecule has 1 saturated carbocycles. The fourth-order valence-electron chi connectivity index (χ4n) is 2.80. The van der Waals surface area contributed by atoms with Crippen molar-refractivity contribution in [3.63, 3.8) is 0 Å². The lowest BCUT2D eigenvalue weighted by molar-refractivity contribution is -0.0736. The van der Waals surface area contributed by atoms with Gasteiger partial charge in [0.25, 0.3) is 0 Å². The van der Waals surface area contributed by atoms with Gasteiger partial charge in [0, 0.05) is 5.56 Å². The van der Waals surface area contributed by atoms with E-state index < -0.39 is 17.5 Å². The lowest BCUT2D eigenvalue weighted by atomic mass is 9.86. The number of aliphatic hydroxyl groups is 2. The number of benzene rings is 1. The SMILES string of the molecule is Cc1cc(C)c(C(O)C2(O)CCCC2)c(F)c1. The largest absolute Gasteiger partial charge is 0.387 e. The van der Waals surface area contributed by atoms with E-state index in [4.69, 9.17) is 0 Å². The van der Waals surface area contributed by atoms with Gasteiger partial charge < -0.3 is 10.2 Å². The minimum atomic E-state index is -1.15. The molecule has 0 heterocycles. The van der Waals surface area contributed by atoms with Gasteiger partial charge in [-0.2, -0.15) is 0 Å². The van der Waals surface area contributed by atoms with Gasteiger partial charge >= 0.3 is 0 Å². The molecule has 0 spiro atoms. The van der Waals surface area contributed by atoms with Gasteiger partial charge in [-0.15, -0.1) is 0 Å². The summed E-state index contributed by atoms with van der Waals surface area (Å²) in [4.78, 5) is 0. The van der Waals surface area contributed by atoms with Crippen molar-refractivity contribution in [2.24, 2.45) is 0 Å². The van der Waals surface area contributed by atoms with Crippen molar-refractivity contribution < 1.29 is 14.6 Å². The molecule has 1 unspecified atom stereocenters. The predicted octanol–water partition coefficient (Wildman–Crippen LogP) is 2.78. The van der Waals surface area contributed by atoms with Crippen LogP contribution in [0.25, 0.3) is 0 Å². The zero-order chi connectivity index (χ0) is 12.6. The second kappa shape index (κ2) is 4.39. The maximum atomic E-state index is 13.9. The molecule has 2 N–H and O–H groups in total. The van der Waals surface area contributed by atoms with Crippen LogP contribution in [0.5, 0.6) is 0 Å². The average molecular weight is 238 g/mol. The molecular formula is C14H19FO2. The van der Waals surface area contributed by atoms with Crippen LogP contribution in [-0.4, -0.2) is 15.8 Å². The molecule has 2 nitrogen and oxygen atoms in total. The fraction of sp³-hybridized carbons (Fsp3) is 0.571. The van der Waals surface area contributed by atoms with Crippen molar-refractivity contribution in [1.29, 1.82) is 0 Å². The van der Waals surface area contributed by atoms with Crippen molar-refractivity contribution in [2.75, 3.05) is 0 Å². The van der Waals surface area contributed by atoms with E-state index in [0.29, 0.717) is 18.4 Å². The van der Waals surface area contributed by atoms with Crippen LogP contribution in [0.1, 0.15) is 48.5 Å². The molecule has 0 aliphatic heterocycles. The first kappa shape index (κ1) is 12.5. The lowest BCUT2D eigenvalue weighted by Crippen LogP contribution is -2.34. The highest BCUT2D eigenvalue weighted by Crippen LogP contribution is 2.41. The molecule has 2 rings (SSSR count). The van der Waals surface area contributed by atoms with E-state index in [1.807, 2.05) is 13.0 Å². The van der Waals surface area contributed by atoms with Crippen LogP contribution < -0.4 is 0 Å². The molecule has 1 atom stereocenters. The monoisotopic (exact) mass is 238 g/mol. The Kier molecular flexibility index (Phi) is 3.23. The molecule has 94 valence electrons. The van der Waals surface area contributed by atoms with Crippen LogP contribution in [0.15, 0.2) is 12.1 Å². The zero-order valence-corrected chi connectivity index (χ0v) is 10.3. The van der Waals surface area contributed by atoms with Crippen molar-refractivity contribution in [3.05, 3.63) is 34.6 Å². The third kappa shape index (κ3) is 2.22. The molecule has 0 saturated heterocycles. The summed E-state index contributed by atoms with van der Waals surface area (Å²) in [6.07, 6.45) is 1.74. The fourth-order valence-corrected chi connectivity index (χ4v) is 2.80. The normalized spacial score (nSPS) is 20.5. The first-order valence-corrected chi connectivity index (χ1v) is 6.11. The van der Waals surface area contributed by atoms with E-state index in [0.717, 1.165) is 18.4 Å². The molecule has 0 bridgehead atoms. The highest BCUT2D eigenvalue weighted by molar-refractivity contribution is 5.35. The Hall–Kier alpha value is -0.930. The summed E-state index contributed by atoms with van der Waals surface area (Å²) >= 11 is 0. The Labute approximate surface area is 101 Å². The van der Waals surface area contributed by atoms with Crippen LogP contribution >= 0.6 is 0 Å². The van der Waals surface area contributed by atoms with Gasteiger partial charge in [-0.1, -0.05) is 18.9 Å². The molecule has 1 aromatic carbocycles. The number of hydrogen-bond donors (Lipinski definition) is 2. The van der Waals surface area contributed by atoms with Crippen molar-refractivity contribution in [3.8, 4) is 0 Å². The van der Waals surface area contributed by atoms with E-state index in [1.165, 1.54) is 6.07 Å². The molecule has 17 heavy (non-hydrogen) atoms. The molecule has 0 aromatic heterocycles. The predicted molar refractivity (Wildman–Crippen MR) is 64.3 cm³/mol. The standard InChI is InChI=1S/C14H19FO2/c1-9-7-10(2)12(11(15)8-9)13(16)14(17)5-3-4-6-14/h7-8,13,16-17H,3-6H2,1-2H3. The van der Waals surface area contributed by atoms with Gasteiger partial charge in [0.2, 0.25) is 0 Å². The lowest BCUT2D eigenvalue weighted by Gasteiger charge is -2.30. The molecule has 0 amide bonds. The van der Waals surface area contributed by atoms with Crippen molar-refractivity contribution in [2.45, 2.75) is 51.2 Å². The van der Waals surface area contributed by atoms with E-state index >= 15 is 0 Å². The molecule has 3 heteroatoms. The Morgan fingerprint density at radius 1 is 1.24 bits per heavy atom. The summed E-state index contributed by atoms with van der Waals surface area (Å²) in [5, 5.41) is 20.6. The summed E-state index contributed by atoms with van der Waals surface area (Å²) in [5.74, 6) is -0.421. The summed E-state index contributed by atoms with van der Waals surface area (Å²) in [6, 6.07) is 3.24.